The Bertz CT molecular complexity index is 1070. The number of carbonyl (C=O) groups is 1. The molecule has 1 atom stereocenters. The predicted octanol–water partition coefficient (Wildman–Crippen LogP) is 6.80. The maximum atomic E-state index is 13.4. The minimum atomic E-state index is -0.399. The second kappa shape index (κ2) is 8.58. The van der Waals surface area contributed by atoms with Crippen molar-refractivity contribution in [3.8, 4) is 5.75 Å². The van der Waals surface area contributed by atoms with E-state index in [9.17, 15) is 4.79 Å². The van der Waals surface area contributed by atoms with Crippen molar-refractivity contribution in [2.24, 2.45) is 5.92 Å². The van der Waals surface area contributed by atoms with Gasteiger partial charge in [0.05, 0.1) is 22.2 Å². The lowest BCUT2D eigenvalue weighted by Gasteiger charge is -2.38. The van der Waals surface area contributed by atoms with E-state index < -0.39 is 6.17 Å². The highest BCUT2D eigenvalue weighted by molar-refractivity contribution is 6.42. The normalized spacial score (nSPS) is 15.7. The SMILES string of the molecule is CC(C)COc1ccc([C@H]2Nc3ccccc3C(=O)N2c2ccc(Cl)c(Cl)c2)cc1. The van der Waals surface area contributed by atoms with Crippen LogP contribution in [0.2, 0.25) is 10.0 Å². The van der Waals surface area contributed by atoms with Gasteiger partial charge in [-0.05, 0) is 53.9 Å². The molecule has 0 fully saturated rings. The van der Waals surface area contributed by atoms with Gasteiger partial charge in [0.2, 0.25) is 0 Å². The Hall–Kier alpha value is -2.69. The maximum absolute atomic E-state index is 13.4. The first-order valence-electron chi connectivity index (χ1n) is 9.81. The third kappa shape index (κ3) is 4.11. The van der Waals surface area contributed by atoms with Gasteiger partial charge in [0.25, 0.3) is 5.91 Å². The predicted molar refractivity (Wildman–Crippen MR) is 123 cm³/mol. The Morgan fingerprint density at radius 2 is 1.73 bits per heavy atom. The van der Waals surface area contributed by atoms with E-state index in [1.807, 2.05) is 48.5 Å². The molecule has 1 N–H and O–H groups in total. The summed E-state index contributed by atoms with van der Waals surface area (Å²) >= 11 is 12.3. The molecule has 4 nitrogen and oxygen atoms in total. The van der Waals surface area contributed by atoms with E-state index in [0.717, 1.165) is 17.0 Å². The first-order valence-corrected chi connectivity index (χ1v) is 10.6. The molecule has 6 heteroatoms. The topological polar surface area (TPSA) is 41.6 Å². The summed E-state index contributed by atoms with van der Waals surface area (Å²) in [5.74, 6) is 1.15. The zero-order chi connectivity index (χ0) is 21.3. The first-order chi connectivity index (χ1) is 14.4. The van der Waals surface area contributed by atoms with E-state index in [4.69, 9.17) is 27.9 Å². The van der Waals surface area contributed by atoms with Gasteiger partial charge < -0.3 is 10.1 Å². The monoisotopic (exact) mass is 440 g/mol. The smallest absolute Gasteiger partial charge is 0.262 e. The van der Waals surface area contributed by atoms with Gasteiger partial charge in [-0.1, -0.05) is 61.3 Å². The first kappa shape index (κ1) is 20.6. The fourth-order valence-corrected chi connectivity index (χ4v) is 3.69. The summed E-state index contributed by atoms with van der Waals surface area (Å²) in [4.78, 5) is 15.1. The van der Waals surface area contributed by atoms with Crippen molar-refractivity contribution in [3.63, 3.8) is 0 Å². The summed E-state index contributed by atoms with van der Waals surface area (Å²) in [6.07, 6.45) is -0.399. The van der Waals surface area contributed by atoms with Crippen LogP contribution < -0.4 is 15.0 Å². The summed E-state index contributed by atoms with van der Waals surface area (Å²) < 4.78 is 5.79. The molecule has 154 valence electrons. The van der Waals surface area contributed by atoms with Crippen LogP contribution in [0.25, 0.3) is 0 Å². The van der Waals surface area contributed by atoms with Crippen molar-refractivity contribution < 1.29 is 9.53 Å². The van der Waals surface area contributed by atoms with Gasteiger partial charge in [0.15, 0.2) is 0 Å². The van der Waals surface area contributed by atoms with Crippen LogP contribution >= 0.6 is 23.2 Å². The highest BCUT2D eigenvalue weighted by Crippen LogP contribution is 2.38. The van der Waals surface area contributed by atoms with Crippen molar-refractivity contribution in [1.82, 2.24) is 0 Å². The minimum Gasteiger partial charge on any atom is -0.493 e. The third-order valence-corrected chi connectivity index (χ3v) is 5.63. The lowest BCUT2D eigenvalue weighted by Crippen LogP contribution is -2.43. The second-order valence-corrected chi connectivity index (χ2v) is 8.45. The highest BCUT2D eigenvalue weighted by Gasteiger charge is 2.34. The quantitative estimate of drug-likeness (QED) is 0.474. The number of amides is 1. The van der Waals surface area contributed by atoms with Crippen LogP contribution in [0.4, 0.5) is 11.4 Å². The number of carbonyl (C=O) groups excluding carboxylic acids is 1. The Morgan fingerprint density at radius 1 is 1.00 bits per heavy atom. The highest BCUT2D eigenvalue weighted by atomic mass is 35.5. The zero-order valence-corrected chi connectivity index (χ0v) is 18.2. The van der Waals surface area contributed by atoms with E-state index in [1.165, 1.54) is 0 Å². The Balaban J connectivity index is 1.73. The van der Waals surface area contributed by atoms with Gasteiger partial charge in [0.1, 0.15) is 11.9 Å². The molecule has 1 amide bonds. The van der Waals surface area contributed by atoms with E-state index in [-0.39, 0.29) is 5.91 Å². The molecule has 0 aliphatic carbocycles. The molecule has 3 aromatic rings. The van der Waals surface area contributed by atoms with Crippen LogP contribution in [0.5, 0.6) is 5.75 Å². The summed E-state index contributed by atoms with van der Waals surface area (Å²) in [5, 5.41) is 4.33. The summed E-state index contributed by atoms with van der Waals surface area (Å²) in [6.45, 7) is 4.87. The average molecular weight is 441 g/mol. The van der Waals surface area contributed by atoms with E-state index in [1.54, 1.807) is 23.1 Å². The molecule has 0 aromatic heterocycles. The van der Waals surface area contributed by atoms with Crippen LogP contribution in [-0.2, 0) is 0 Å². The molecule has 0 unspecified atom stereocenters. The minimum absolute atomic E-state index is 0.104. The number of hydrogen-bond donors (Lipinski definition) is 1. The van der Waals surface area contributed by atoms with Crippen LogP contribution in [0.1, 0.15) is 35.9 Å². The molecule has 0 radical (unpaired) electrons. The summed E-state index contributed by atoms with van der Waals surface area (Å²) in [6, 6.07) is 20.5. The number of anilines is 2. The molecular formula is C24H22Cl2N2O2. The van der Waals surface area contributed by atoms with Crippen molar-refractivity contribution in [3.05, 3.63) is 87.9 Å². The number of halogens is 2. The summed E-state index contributed by atoms with van der Waals surface area (Å²) in [7, 11) is 0. The lowest BCUT2D eigenvalue weighted by atomic mass is 10.0. The second-order valence-electron chi connectivity index (χ2n) is 7.64. The molecule has 1 aliphatic heterocycles. The zero-order valence-electron chi connectivity index (χ0n) is 16.7. The lowest BCUT2D eigenvalue weighted by molar-refractivity contribution is 0.0975. The number of nitrogens with zero attached hydrogens (tertiary/aromatic N) is 1. The van der Waals surface area contributed by atoms with E-state index in [2.05, 4.69) is 19.2 Å². The van der Waals surface area contributed by atoms with Gasteiger partial charge in [-0.3, -0.25) is 9.69 Å². The largest absolute Gasteiger partial charge is 0.493 e. The maximum Gasteiger partial charge on any atom is 0.262 e. The van der Waals surface area contributed by atoms with Gasteiger partial charge in [-0.15, -0.1) is 0 Å². The van der Waals surface area contributed by atoms with Crippen molar-refractivity contribution in [2.45, 2.75) is 20.0 Å². The molecule has 0 saturated carbocycles. The molecule has 0 bridgehead atoms. The fraction of sp³-hybridized carbons (Fsp3) is 0.208. The standard InChI is InChI=1S/C24H22Cl2N2O2/c1-15(2)14-30-18-10-7-16(8-11-18)23-27-22-6-4-3-5-19(22)24(29)28(23)17-9-12-20(25)21(26)13-17/h3-13,15,23,27H,14H2,1-2H3/t23-/m0/s1. The Kier molecular flexibility index (Phi) is 5.89. The van der Waals surface area contributed by atoms with Crippen LogP contribution in [0.15, 0.2) is 66.7 Å². The van der Waals surface area contributed by atoms with Gasteiger partial charge in [0, 0.05) is 11.4 Å². The van der Waals surface area contributed by atoms with Crippen molar-refractivity contribution >= 4 is 40.5 Å². The van der Waals surface area contributed by atoms with Crippen LogP contribution in [-0.4, -0.2) is 12.5 Å². The van der Waals surface area contributed by atoms with Crippen LogP contribution in [0, 0.1) is 5.92 Å². The molecule has 0 saturated heterocycles. The van der Waals surface area contributed by atoms with Gasteiger partial charge >= 0.3 is 0 Å². The number of ether oxygens (including phenoxy) is 1. The van der Waals surface area contributed by atoms with E-state index >= 15 is 0 Å². The van der Waals surface area contributed by atoms with Gasteiger partial charge in [-0.2, -0.15) is 0 Å². The van der Waals surface area contributed by atoms with E-state index in [0.29, 0.717) is 33.8 Å². The number of rotatable bonds is 5. The number of nitrogens with one attached hydrogen (secondary N) is 1. The molecule has 0 spiro atoms. The average Bonchev–Trinajstić information content (AvgIpc) is 2.75. The van der Waals surface area contributed by atoms with Crippen LogP contribution in [0.3, 0.4) is 0 Å². The van der Waals surface area contributed by atoms with Crippen molar-refractivity contribution in [1.29, 1.82) is 0 Å². The molecule has 30 heavy (non-hydrogen) atoms. The van der Waals surface area contributed by atoms with Crippen molar-refractivity contribution in [2.75, 3.05) is 16.8 Å². The molecule has 1 heterocycles. The molecule has 3 aromatic carbocycles. The number of fused-ring (bicyclic) bond motifs is 1. The molecule has 4 rings (SSSR count). The third-order valence-electron chi connectivity index (χ3n) is 4.89. The fourth-order valence-electron chi connectivity index (χ4n) is 3.40. The number of para-hydroxylation sites is 1. The van der Waals surface area contributed by atoms with Gasteiger partial charge in [-0.25, -0.2) is 0 Å². The Morgan fingerprint density at radius 3 is 2.43 bits per heavy atom. The number of hydrogen-bond acceptors (Lipinski definition) is 3. The summed E-state index contributed by atoms with van der Waals surface area (Å²) in [5.41, 5.74) is 3.00. The molecular weight excluding hydrogens is 419 g/mol. The number of benzene rings is 3. The Labute approximate surface area is 186 Å². The molecule has 1 aliphatic rings.